The number of likely N-dealkylation sites (tertiary alicyclic amines) is 1. The van der Waals surface area contributed by atoms with Gasteiger partial charge in [0.1, 0.15) is 0 Å². The van der Waals surface area contributed by atoms with E-state index < -0.39 is 0 Å². The molecule has 2 aliphatic rings. The molecule has 18 heavy (non-hydrogen) atoms. The van der Waals surface area contributed by atoms with E-state index in [1.54, 1.807) is 0 Å². The van der Waals surface area contributed by atoms with E-state index >= 15 is 0 Å². The summed E-state index contributed by atoms with van der Waals surface area (Å²) in [7, 11) is 0. The second kappa shape index (κ2) is 4.79. The molecule has 2 rings (SSSR count). The van der Waals surface area contributed by atoms with Gasteiger partial charge < -0.3 is 10.2 Å². The number of nitrogens with zero attached hydrogens (tertiary/aromatic N) is 1. The maximum Gasteiger partial charge on any atom is 0.00939 e. The summed E-state index contributed by atoms with van der Waals surface area (Å²) in [5.41, 5.74) is 1.07. The van der Waals surface area contributed by atoms with Crippen LogP contribution in [0.3, 0.4) is 0 Å². The third-order valence-corrected chi connectivity index (χ3v) is 6.24. The summed E-state index contributed by atoms with van der Waals surface area (Å²) in [4.78, 5) is 2.73. The lowest BCUT2D eigenvalue weighted by Crippen LogP contribution is -2.48. The van der Waals surface area contributed by atoms with Gasteiger partial charge in [-0.2, -0.15) is 0 Å². The first-order valence-electron chi connectivity index (χ1n) is 7.78. The van der Waals surface area contributed by atoms with Crippen LogP contribution in [-0.4, -0.2) is 36.6 Å². The maximum atomic E-state index is 3.61. The van der Waals surface area contributed by atoms with E-state index in [0.29, 0.717) is 10.8 Å². The summed E-state index contributed by atoms with van der Waals surface area (Å²) in [5.74, 6) is 0.878. The molecule has 2 nitrogen and oxygen atoms in total. The second-order valence-electron chi connectivity index (χ2n) is 7.62. The number of piperidine rings is 1. The molecule has 2 unspecified atom stereocenters. The van der Waals surface area contributed by atoms with Crippen LogP contribution in [0, 0.1) is 16.7 Å². The molecule has 0 aromatic rings. The van der Waals surface area contributed by atoms with Gasteiger partial charge in [-0.05, 0) is 49.6 Å². The van der Waals surface area contributed by atoms with E-state index in [0.717, 1.165) is 24.5 Å². The van der Waals surface area contributed by atoms with Crippen molar-refractivity contribution < 1.29 is 0 Å². The molecule has 1 aliphatic heterocycles. The lowest BCUT2D eigenvalue weighted by Gasteiger charge is -2.38. The SMILES string of the molecule is CCNC1CCN(CC2C(C)(C)C2(C)C)C(C)C1. The van der Waals surface area contributed by atoms with E-state index in [1.807, 2.05) is 0 Å². The van der Waals surface area contributed by atoms with Crippen LogP contribution < -0.4 is 5.32 Å². The second-order valence-corrected chi connectivity index (χ2v) is 7.62. The molecule has 106 valence electrons. The molecule has 0 amide bonds. The molecule has 0 spiro atoms. The topological polar surface area (TPSA) is 15.3 Å². The van der Waals surface area contributed by atoms with Gasteiger partial charge in [-0.25, -0.2) is 0 Å². The molecule has 1 aliphatic carbocycles. The largest absolute Gasteiger partial charge is 0.314 e. The monoisotopic (exact) mass is 252 g/mol. The summed E-state index contributed by atoms with van der Waals surface area (Å²) in [5, 5.41) is 3.61. The van der Waals surface area contributed by atoms with Crippen LogP contribution in [0.2, 0.25) is 0 Å². The van der Waals surface area contributed by atoms with Crippen LogP contribution in [0.15, 0.2) is 0 Å². The molecule has 2 heteroatoms. The van der Waals surface area contributed by atoms with E-state index in [9.17, 15) is 0 Å². The Morgan fingerprint density at radius 1 is 1.17 bits per heavy atom. The van der Waals surface area contributed by atoms with Gasteiger partial charge in [-0.15, -0.1) is 0 Å². The normalized spacial score (nSPS) is 35.7. The summed E-state index contributed by atoms with van der Waals surface area (Å²) >= 11 is 0. The van der Waals surface area contributed by atoms with Gasteiger partial charge in [0, 0.05) is 18.6 Å². The third kappa shape index (κ3) is 2.34. The highest BCUT2D eigenvalue weighted by molar-refractivity contribution is 5.13. The van der Waals surface area contributed by atoms with Crippen LogP contribution >= 0.6 is 0 Å². The first kappa shape index (κ1) is 14.3. The Morgan fingerprint density at radius 3 is 2.22 bits per heavy atom. The summed E-state index contributed by atoms with van der Waals surface area (Å²) in [6.45, 7) is 18.1. The molecule has 0 aromatic heterocycles. The van der Waals surface area contributed by atoms with E-state index in [4.69, 9.17) is 0 Å². The molecule has 2 fully saturated rings. The number of nitrogens with one attached hydrogen (secondary N) is 1. The van der Waals surface area contributed by atoms with Gasteiger partial charge in [-0.1, -0.05) is 34.6 Å². The fourth-order valence-electron chi connectivity index (χ4n) is 3.99. The zero-order valence-electron chi connectivity index (χ0n) is 13.2. The van der Waals surface area contributed by atoms with E-state index in [1.165, 1.54) is 25.9 Å². The minimum absolute atomic E-state index is 0.533. The Labute approximate surface area is 114 Å². The summed E-state index contributed by atoms with van der Waals surface area (Å²) < 4.78 is 0. The molecule has 0 bridgehead atoms. The minimum atomic E-state index is 0.533. The summed E-state index contributed by atoms with van der Waals surface area (Å²) in [6.07, 6.45) is 2.65. The molecular formula is C16H32N2. The number of hydrogen-bond donors (Lipinski definition) is 1. The Morgan fingerprint density at radius 2 is 1.78 bits per heavy atom. The first-order chi connectivity index (χ1) is 8.30. The van der Waals surface area contributed by atoms with Gasteiger partial charge in [-0.3, -0.25) is 0 Å². The van der Waals surface area contributed by atoms with Crippen molar-refractivity contribution in [2.45, 2.75) is 66.5 Å². The van der Waals surface area contributed by atoms with Gasteiger partial charge in [0.05, 0.1) is 0 Å². The Balaban J connectivity index is 1.86. The van der Waals surface area contributed by atoms with Crippen molar-refractivity contribution in [2.75, 3.05) is 19.6 Å². The van der Waals surface area contributed by atoms with Crippen molar-refractivity contribution in [3.05, 3.63) is 0 Å². The van der Waals surface area contributed by atoms with Gasteiger partial charge >= 0.3 is 0 Å². The molecule has 2 atom stereocenters. The van der Waals surface area contributed by atoms with E-state index in [2.05, 4.69) is 51.8 Å². The third-order valence-electron chi connectivity index (χ3n) is 6.24. The van der Waals surface area contributed by atoms with Gasteiger partial charge in [0.2, 0.25) is 0 Å². The van der Waals surface area contributed by atoms with Crippen molar-refractivity contribution in [1.29, 1.82) is 0 Å². The molecule has 1 saturated carbocycles. The van der Waals surface area contributed by atoms with Crippen molar-refractivity contribution in [3.63, 3.8) is 0 Å². The molecule has 1 saturated heterocycles. The highest BCUT2D eigenvalue weighted by atomic mass is 15.2. The predicted octanol–water partition coefficient (Wildman–Crippen LogP) is 3.13. The molecule has 1 heterocycles. The van der Waals surface area contributed by atoms with Crippen LogP contribution in [0.4, 0.5) is 0 Å². The highest BCUT2D eigenvalue weighted by Crippen LogP contribution is 2.68. The summed E-state index contributed by atoms with van der Waals surface area (Å²) in [6, 6.07) is 1.50. The van der Waals surface area contributed by atoms with E-state index in [-0.39, 0.29) is 0 Å². The Hall–Kier alpha value is -0.0800. The first-order valence-corrected chi connectivity index (χ1v) is 7.78. The molecule has 0 aromatic carbocycles. The fourth-order valence-corrected chi connectivity index (χ4v) is 3.99. The molecular weight excluding hydrogens is 220 g/mol. The number of rotatable bonds is 4. The van der Waals surface area contributed by atoms with Crippen molar-refractivity contribution in [2.24, 2.45) is 16.7 Å². The van der Waals surface area contributed by atoms with Crippen LogP contribution in [0.5, 0.6) is 0 Å². The average Bonchev–Trinajstić information content (AvgIpc) is 2.64. The fraction of sp³-hybridized carbons (Fsp3) is 1.00. The zero-order chi connectivity index (χ0) is 13.6. The maximum absolute atomic E-state index is 3.61. The van der Waals surface area contributed by atoms with Crippen LogP contribution in [0.1, 0.15) is 54.4 Å². The van der Waals surface area contributed by atoms with Crippen molar-refractivity contribution >= 4 is 0 Å². The highest BCUT2D eigenvalue weighted by Gasteiger charge is 2.64. The van der Waals surface area contributed by atoms with Gasteiger partial charge in [0.25, 0.3) is 0 Å². The minimum Gasteiger partial charge on any atom is -0.314 e. The van der Waals surface area contributed by atoms with Crippen molar-refractivity contribution in [1.82, 2.24) is 10.2 Å². The molecule has 1 N–H and O–H groups in total. The van der Waals surface area contributed by atoms with Crippen LogP contribution in [-0.2, 0) is 0 Å². The lowest BCUT2D eigenvalue weighted by molar-refractivity contribution is 0.124. The average molecular weight is 252 g/mol. The standard InChI is InChI=1S/C16H32N2/c1-7-17-13-8-9-18(12(2)10-13)11-14-15(3,4)16(14,5)6/h12-14,17H,7-11H2,1-6H3. The van der Waals surface area contributed by atoms with Gasteiger partial charge in [0.15, 0.2) is 0 Å². The zero-order valence-corrected chi connectivity index (χ0v) is 13.2. The number of hydrogen-bond acceptors (Lipinski definition) is 2. The Bertz CT molecular complexity index is 281. The van der Waals surface area contributed by atoms with Crippen molar-refractivity contribution in [3.8, 4) is 0 Å². The lowest BCUT2D eigenvalue weighted by atomic mass is 9.97. The Kier molecular flexibility index (Phi) is 3.81. The molecule has 0 radical (unpaired) electrons. The predicted molar refractivity (Wildman–Crippen MR) is 78.8 cm³/mol. The smallest absolute Gasteiger partial charge is 0.00939 e. The quantitative estimate of drug-likeness (QED) is 0.827. The van der Waals surface area contributed by atoms with Crippen LogP contribution in [0.25, 0.3) is 0 Å².